The van der Waals surface area contributed by atoms with Gasteiger partial charge in [0.25, 0.3) is 11.3 Å². The largest absolute Gasteiger partial charge is 0.391 e. The molecule has 3 N–H and O–H groups in total. The summed E-state index contributed by atoms with van der Waals surface area (Å²) in [5.41, 5.74) is -3.39. The van der Waals surface area contributed by atoms with E-state index in [1.54, 1.807) is 0 Å². The van der Waals surface area contributed by atoms with Gasteiger partial charge in [-0.05, 0) is 20.8 Å². The van der Waals surface area contributed by atoms with Gasteiger partial charge in [-0.2, -0.15) is 5.26 Å². The van der Waals surface area contributed by atoms with Gasteiger partial charge in [-0.1, -0.05) is 0 Å². The van der Waals surface area contributed by atoms with Crippen molar-refractivity contribution in [2.45, 2.75) is 57.0 Å². The van der Waals surface area contributed by atoms with Gasteiger partial charge >= 0.3 is 5.69 Å². The first-order valence-electron chi connectivity index (χ1n) is 7.09. The first kappa shape index (κ1) is 17.4. The number of H-pyrrole nitrogens is 1. The summed E-state index contributed by atoms with van der Waals surface area (Å²) >= 11 is 0. The summed E-state index contributed by atoms with van der Waals surface area (Å²) < 4.78 is 12.0. The van der Waals surface area contributed by atoms with Crippen LogP contribution in [0.15, 0.2) is 21.9 Å². The molecular formula is C14H19N3O6. The van der Waals surface area contributed by atoms with Crippen molar-refractivity contribution in [3.05, 3.63) is 33.1 Å². The monoisotopic (exact) mass is 325 g/mol. The van der Waals surface area contributed by atoms with E-state index in [1.165, 1.54) is 20.8 Å². The molecule has 1 aliphatic rings. The average Bonchev–Trinajstić information content (AvgIpc) is 2.76. The quantitative estimate of drug-likeness (QED) is 0.603. The maximum atomic E-state index is 12.1. The molecule has 0 spiro atoms. The van der Waals surface area contributed by atoms with Crippen LogP contribution in [0, 0.1) is 11.3 Å². The number of nitriles is 1. The van der Waals surface area contributed by atoms with Crippen molar-refractivity contribution >= 4 is 0 Å². The summed E-state index contributed by atoms with van der Waals surface area (Å²) in [6.07, 6.45) is -1.52. The van der Waals surface area contributed by atoms with E-state index in [0.717, 1.165) is 16.8 Å². The molecule has 4 unspecified atom stereocenters. The first-order chi connectivity index (χ1) is 10.6. The Bertz CT molecular complexity index is 725. The third-order valence-corrected chi connectivity index (χ3v) is 3.52. The highest BCUT2D eigenvalue weighted by molar-refractivity contribution is 5.10. The minimum absolute atomic E-state index is 0.0841. The van der Waals surface area contributed by atoms with Crippen molar-refractivity contribution in [2.75, 3.05) is 0 Å². The molecule has 0 aliphatic carbocycles. The van der Waals surface area contributed by atoms with Gasteiger partial charge in [-0.3, -0.25) is 14.3 Å². The van der Waals surface area contributed by atoms with Crippen molar-refractivity contribution in [3.63, 3.8) is 0 Å². The summed E-state index contributed by atoms with van der Waals surface area (Å²) in [4.78, 5) is 25.3. The molecule has 1 saturated heterocycles. The Balaban J connectivity index is 2.56. The Morgan fingerprint density at radius 2 is 2.26 bits per heavy atom. The van der Waals surface area contributed by atoms with E-state index in [1.807, 2.05) is 11.1 Å². The van der Waals surface area contributed by atoms with E-state index in [2.05, 4.69) is 0 Å². The second kappa shape index (κ2) is 5.90. The fourth-order valence-electron chi connectivity index (χ4n) is 2.54. The highest BCUT2D eigenvalue weighted by atomic mass is 16.7. The molecule has 1 aromatic rings. The van der Waals surface area contributed by atoms with Crippen LogP contribution in [0.3, 0.4) is 0 Å². The lowest BCUT2D eigenvalue weighted by Gasteiger charge is -2.32. The zero-order valence-corrected chi connectivity index (χ0v) is 13.0. The van der Waals surface area contributed by atoms with Gasteiger partial charge in [0.1, 0.15) is 12.2 Å². The molecule has 23 heavy (non-hydrogen) atoms. The van der Waals surface area contributed by atoms with Crippen LogP contribution in [0.1, 0.15) is 27.2 Å². The van der Waals surface area contributed by atoms with E-state index < -0.39 is 41.1 Å². The number of aliphatic hydroxyl groups is 2. The van der Waals surface area contributed by atoms with Gasteiger partial charge in [-0.15, -0.1) is 0 Å². The van der Waals surface area contributed by atoms with E-state index in [4.69, 9.17) is 9.47 Å². The van der Waals surface area contributed by atoms with Crippen LogP contribution in [-0.4, -0.2) is 43.9 Å². The average molecular weight is 325 g/mol. The molecule has 9 heteroatoms. The molecule has 0 amide bonds. The van der Waals surface area contributed by atoms with Gasteiger partial charge < -0.3 is 19.7 Å². The fourth-order valence-corrected chi connectivity index (χ4v) is 2.54. The molecule has 2 rings (SSSR count). The van der Waals surface area contributed by atoms with Crippen molar-refractivity contribution in [2.24, 2.45) is 0 Å². The highest BCUT2D eigenvalue weighted by Gasteiger charge is 2.55. The second-order valence-corrected chi connectivity index (χ2v) is 5.97. The number of aromatic nitrogens is 2. The Morgan fingerprint density at radius 3 is 2.74 bits per heavy atom. The molecule has 4 atom stereocenters. The number of nitrogens with zero attached hydrogens (tertiary/aromatic N) is 2. The Hall–Kier alpha value is -1.99. The predicted molar refractivity (Wildman–Crippen MR) is 77.3 cm³/mol. The minimum atomic E-state index is -1.91. The maximum absolute atomic E-state index is 12.1. The third-order valence-electron chi connectivity index (χ3n) is 3.52. The number of aliphatic hydroxyl groups excluding tert-OH is 1. The lowest BCUT2D eigenvalue weighted by molar-refractivity contribution is -0.239. The van der Waals surface area contributed by atoms with Crippen LogP contribution in [0.2, 0.25) is 0 Å². The summed E-state index contributed by atoms with van der Waals surface area (Å²) in [6.45, 7) is 4.23. The summed E-state index contributed by atoms with van der Waals surface area (Å²) in [6, 6.07) is 2.95. The summed E-state index contributed by atoms with van der Waals surface area (Å²) in [5.74, 6) is -1.59. The third kappa shape index (κ3) is 3.35. The second-order valence-electron chi connectivity index (χ2n) is 5.97. The molecule has 0 saturated carbocycles. The minimum Gasteiger partial charge on any atom is -0.391 e. The van der Waals surface area contributed by atoms with Crippen molar-refractivity contribution < 1.29 is 19.7 Å². The van der Waals surface area contributed by atoms with E-state index in [0.29, 0.717) is 0 Å². The Morgan fingerprint density at radius 1 is 1.61 bits per heavy atom. The van der Waals surface area contributed by atoms with Crippen LogP contribution in [-0.2, 0) is 15.2 Å². The van der Waals surface area contributed by atoms with Crippen molar-refractivity contribution in [1.82, 2.24) is 9.55 Å². The first-order valence-corrected chi connectivity index (χ1v) is 7.09. The van der Waals surface area contributed by atoms with Gasteiger partial charge in [0.15, 0.2) is 5.79 Å². The van der Waals surface area contributed by atoms with Crippen LogP contribution >= 0.6 is 0 Å². The van der Waals surface area contributed by atoms with E-state index >= 15 is 0 Å². The van der Waals surface area contributed by atoms with Gasteiger partial charge in [0.2, 0.25) is 0 Å². The maximum Gasteiger partial charge on any atom is 0.331 e. The number of rotatable bonds is 4. The molecule has 1 fully saturated rings. The Kier molecular flexibility index (Phi) is 4.45. The van der Waals surface area contributed by atoms with Crippen LogP contribution in [0.5, 0.6) is 0 Å². The van der Waals surface area contributed by atoms with Gasteiger partial charge in [0, 0.05) is 18.7 Å². The Labute approximate surface area is 131 Å². The number of nitrogens with one attached hydrogen (secondary N) is 1. The molecule has 2 heterocycles. The van der Waals surface area contributed by atoms with Crippen LogP contribution < -0.4 is 11.2 Å². The van der Waals surface area contributed by atoms with E-state index in [-0.39, 0.29) is 6.42 Å². The van der Waals surface area contributed by atoms with E-state index in [9.17, 15) is 25.1 Å². The number of ether oxygens (including phenoxy) is 2. The van der Waals surface area contributed by atoms with Crippen LogP contribution in [0.25, 0.3) is 0 Å². The molecule has 1 aromatic heterocycles. The van der Waals surface area contributed by atoms with Gasteiger partial charge in [-0.25, -0.2) is 4.79 Å². The number of hydrogen-bond donors (Lipinski definition) is 3. The summed E-state index contributed by atoms with van der Waals surface area (Å²) in [7, 11) is 0. The molecule has 0 radical (unpaired) electrons. The predicted octanol–water partition coefficient (Wildman–Crippen LogP) is -1.00. The lowest BCUT2D eigenvalue weighted by atomic mass is 10.0. The smallest absolute Gasteiger partial charge is 0.331 e. The van der Waals surface area contributed by atoms with Crippen LogP contribution in [0.4, 0.5) is 0 Å². The highest BCUT2D eigenvalue weighted by Crippen LogP contribution is 2.38. The molecule has 9 nitrogen and oxygen atoms in total. The fraction of sp³-hybridized carbons (Fsp3) is 0.643. The summed E-state index contributed by atoms with van der Waals surface area (Å²) in [5, 5.41) is 29.3. The molecule has 126 valence electrons. The molecule has 0 aromatic carbocycles. The number of hydrogen-bond acceptors (Lipinski definition) is 7. The lowest BCUT2D eigenvalue weighted by Crippen LogP contribution is -2.51. The SMILES string of the molecule is CC(O)C1CC(OC(C)(C)O)C(C#N)(n2ccc(=O)[nH]c2=O)O1. The molecule has 1 aliphatic heterocycles. The normalized spacial score (nSPS) is 29.2. The van der Waals surface area contributed by atoms with Crippen molar-refractivity contribution in [3.8, 4) is 6.07 Å². The van der Waals surface area contributed by atoms with Crippen molar-refractivity contribution in [1.29, 1.82) is 5.26 Å². The number of aromatic amines is 1. The topological polar surface area (TPSA) is 138 Å². The zero-order valence-electron chi connectivity index (χ0n) is 13.0. The molecular weight excluding hydrogens is 306 g/mol. The molecule has 0 bridgehead atoms. The van der Waals surface area contributed by atoms with Gasteiger partial charge in [0.05, 0.1) is 12.2 Å². The standard InChI is InChI=1S/C14H19N3O6/c1-8(18)9-6-10(23-13(2,3)21)14(7-15,22-9)17-5-4-11(19)16-12(17)20/h4-5,8-10,18,21H,6H2,1-3H3,(H,16,19,20). The zero-order chi connectivity index (χ0) is 17.4.